The molecule has 1 heterocycles. The molecule has 1 atom stereocenters. The molecule has 1 aliphatic heterocycles. The highest BCUT2D eigenvalue weighted by Gasteiger charge is 2.43. The van der Waals surface area contributed by atoms with Crippen molar-refractivity contribution in [3.8, 4) is 0 Å². The van der Waals surface area contributed by atoms with Gasteiger partial charge in [-0.2, -0.15) is 13.2 Å². The van der Waals surface area contributed by atoms with Gasteiger partial charge in [-0.05, 0) is 23.6 Å². The molecule has 1 amide bonds. The molecule has 1 N–H and O–H groups in total. The summed E-state index contributed by atoms with van der Waals surface area (Å²) in [6, 6.07) is 4.35. The fraction of sp³-hybridized carbons (Fsp3) is 0.364. The van der Waals surface area contributed by atoms with Crippen molar-refractivity contribution in [1.29, 1.82) is 0 Å². The Hall–Kier alpha value is -1.32. The molecule has 0 saturated heterocycles. The van der Waals surface area contributed by atoms with E-state index in [0.717, 1.165) is 10.5 Å². The van der Waals surface area contributed by atoms with Crippen LogP contribution in [0, 0.1) is 0 Å². The van der Waals surface area contributed by atoms with E-state index in [0.29, 0.717) is 10.5 Å². The molecule has 0 fully saturated rings. The number of halogens is 4. The highest BCUT2D eigenvalue weighted by Crippen LogP contribution is 2.26. The van der Waals surface area contributed by atoms with Crippen LogP contribution in [0.25, 0.3) is 0 Å². The van der Waals surface area contributed by atoms with E-state index in [2.05, 4.69) is 0 Å². The van der Waals surface area contributed by atoms with Crippen molar-refractivity contribution in [3.63, 3.8) is 0 Å². The smallest absolute Gasteiger partial charge is 0.471 e. The second-order valence-electron chi connectivity index (χ2n) is 4.25. The number of alkyl halides is 3. The molecule has 9 heteroatoms. The van der Waals surface area contributed by atoms with E-state index in [1.54, 1.807) is 6.07 Å². The second kappa shape index (κ2) is 5.58. The van der Waals surface area contributed by atoms with Crippen LogP contribution in [0.1, 0.15) is 11.1 Å². The number of hydrogen-bond acceptors (Lipinski definition) is 3. The zero-order valence-electron chi connectivity index (χ0n) is 10.0. The molecule has 1 unspecified atom stereocenters. The van der Waals surface area contributed by atoms with Gasteiger partial charge in [0.15, 0.2) is 4.90 Å². The van der Waals surface area contributed by atoms with Gasteiger partial charge in [-0.1, -0.05) is 10.5 Å². The van der Waals surface area contributed by atoms with E-state index >= 15 is 0 Å². The van der Waals surface area contributed by atoms with Crippen LogP contribution in [0.2, 0.25) is 0 Å². The van der Waals surface area contributed by atoms with Gasteiger partial charge in [0.05, 0.1) is 0 Å². The van der Waals surface area contributed by atoms with Crippen molar-refractivity contribution in [3.05, 3.63) is 29.3 Å². The minimum Gasteiger partial charge on any atom is -0.591 e. The van der Waals surface area contributed by atoms with Gasteiger partial charge in [0.25, 0.3) is 0 Å². The second-order valence-corrected chi connectivity index (χ2v) is 5.41. The van der Waals surface area contributed by atoms with Gasteiger partial charge < -0.3 is 9.45 Å². The lowest BCUT2D eigenvalue weighted by atomic mass is 10.00. The topological polar surface area (TPSA) is 55.4 Å². The predicted molar refractivity (Wildman–Crippen MR) is 62.3 cm³/mol. The number of carbonyl (C=O) groups excluding carboxylic acids is 1. The summed E-state index contributed by atoms with van der Waals surface area (Å²) in [7, 11) is 0. The highest BCUT2D eigenvalue weighted by atomic mass is 32.2. The summed E-state index contributed by atoms with van der Waals surface area (Å²) in [6.07, 6.45) is -4.65. The molecule has 0 saturated carbocycles. The van der Waals surface area contributed by atoms with E-state index < -0.39 is 23.4 Å². The van der Waals surface area contributed by atoms with E-state index in [4.69, 9.17) is 0 Å². The maximum Gasteiger partial charge on any atom is 0.471 e. The van der Waals surface area contributed by atoms with Crippen LogP contribution in [0.5, 0.6) is 0 Å². The lowest BCUT2D eigenvalue weighted by Gasteiger charge is -2.29. The van der Waals surface area contributed by atoms with E-state index in [9.17, 15) is 27.0 Å². The van der Waals surface area contributed by atoms with E-state index in [1.165, 1.54) is 12.1 Å². The first-order valence-corrected chi connectivity index (χ1v) is 6.74. The Balaban J connectivity index is 2.22. The molecule has 0 radical (unpaired) electrons. The Labute approximate surface area is 115 Å². The number of nitrogens with zero attached hydrogens (tertiary/aromatic N) is 1. The highest BCUT2D eigenvalue weighted by molar-refractivity contribution is 7.89. The SMILES string of the molecule is O=C(N1CCc2ccc([S+]([O-])NF)cc2C1)C(F)(F)F. The van der Waals surface area contributed by atoms with Crippen LogP contribution in [0.3, 0.4) is 0 Å². The summed E-state index contributed by atoms with van der Waals surface area (Å²) in [5, 5.41) is 0. The van der Waals surface area contributed by atoms with E-state index in [1.807, 2.05) is 0 Å². The van der Waals surface area contributed by atoms with Crippen molar-refractivity contribution in [2.45, 2.75) is 24.0 Å². The van der Waals surface area contributed by atoms with Crippen molar-refractivity contribution in [2.24, 2.45) is 0 Å². The summed E-state index contributed by atoms with van der Waals surface area (Å²) in [5.41, 5.74) is 1.20. The molecule has 0 spiro atoms. The van der Waals surface area contributed by atoms with Crippen LogP contribution >= 0.6 is 0 Å². The average Bonchev–Trinajstić information content (AvgIpc) is 2.43. The van der Waals surface area contributed by atoms with Gasteiger partial charge in [0.2, 0.25) is 0 Å². The first kappa shape index (κ1) is 15.1. The van der Waals surface area contributed by atoms with Crippen LogP contribution in [0.4, 0.5) is 17.7 Å². The molecule has 0 bridgehead atoms. The third-order valence-electron chi connectivity index (χ3n) is 3.00. The summed E-state index contributed by atoms with van der Waals surface area (Å²) in [4.78, 5) is 13.0. The first-order valence-electron chi connectivity index (χ1n) is 5.59. The average molecular weight is 310 g/mol. The number of amides is 1. The Morgan fingerprint density at radius 3 is 2.65 bits per heavy atom. The van der Waals surface area contributed by atoms with Crippen LogP contribution in [0.15, 0.2) is 23.1 Å². The van der Waals surface area contributed by atoms with Gasteiger partial charge in [0.1, 0.15) is 11.4 Å². The Morgan fingerprint density at radius 2 is 2.05 bits per heavy atom. The van der Waals surface area contributed by atoms with Gasteiger partial charge in [-0.3, -0.25) is 4.79 Å². The molecule has 0 aliphatic carbocycles. The molecule has 4 nitrogen and oxygen atoms in total. The van der Waals surface area contributed by atoms with Gasteiger partial charge in [0, 0.05) is 24.1 Å². The maximum atomic E-state index is 12.4. The third kappa shape index (κ3) is 3.05. The number of rotatable bonds is 2. The number of carbonyl (C=O) groups is 1. The molecule has 1 aliphatic rings. The number of fused-ring (bicyclic) bond motifs is 1. The summed E-state index contributed by atoms with van der Waals surface area (Å²) in [6.45, 7) is -0.264. The zero-order valence-corrected chi connectivity index (χ0v) is 10.9. The Kier molecular flexibility index (Phi) is 4.21. The minimum atomic E-state index is -4.92. The van der Waals surface area contributed by atoms with Crippen molar-refractivity contribution in [1.82, 2.24) is 9.84 Å². The summed E-state index contributed by atoms with van der Waals surface area (Å²) < 4.78 is 60.5. The molecule has 110 valence electrons. The fourth-order valence-electron chi connectivity index (χ4n) is 2.05. The molecule has 20 heavy (non-hydrogen) atoms. The van der Waals surface area contributed by atoms with Gasteiger partial charge in [-0.25, -0.2) is 0 Å². The lowest BCUT2D eigenvalue weighted by Crippen LogP contribution is -2.43. The van der Waals surface area contributed by atoms with Crippen molar-refractivity contribution < 1.29 is 27.0 Å². The quantitative estimate of drug-likeness (QED) is 0.513. The van der Waals surface area contributed by atoms with Crippen LogP contribution < -0.4 is 4.94 Å². The molecular weight excluding hydrogens is 300 g/mol. The van der Waals surface area contributed by atoms with Crippen molar-refractivity contribution in [2.75, 3.05) is 6.54 Å². The standard InChI is InChI=1S/C11H10F4N2O2S/c12-11(13,14)10(18)17-4-3-7-1-2-9(20(19)16-15)5-8(7)6-17/h1-2,5,16H,3-4,6H2. The number of benzene rings is 1. The Bertz CT molecular complexity index is 524. The lowest BCUT2D eigenvalue weighted by molar-refractivity contribution is -0.186. The monoisotopic (exact) mass is 310 g/mol. The molecule has 0 aromatic heterocycles. The normalized spacial score (nSPS) is 16.8. The number of nitrogens with one attached hydrogen (secondary N) is 1. The third-order valence-corrected chi connectivity index (χ3v) is 3.83. The first-order chi connectivity index (χ1) is 9.32. The molecule has 2 rings (SSSR count). The zero-order chi connectivity index (χ0) is 14.9. The fourth-order valence-corrected chi connectivity index (χ4v) is 2.58. The Morgan fingerprint density at radius 1 is 1.35 bits per heavy atom. The van der Waals surface area contributed by atoms with Crippen LogP contribution in [-0.4, -0.2) is 28.1 Å². The van der Waals surface area contributed by atoms with E-state index in [-0.39, 0.29) is 24.4 Å². The summed E-state index contributed by atoms with van der Waals surface area (Å²) in [5.74, 6) is -1.90. The summed E-state index contributed by atoms with van der Waals surface area (Å²) >= 11 is -2.07. The van der Waals surface area contributed by atoms with Crippen molar-refractivity contribution >= 4 is 17.3 Å². The van der Waals surface area contributed by atoms with Gasteiger partial charge >= 0.3 is 12.1 Å². The van der Waals surface area contributed by atoms with Gasteiger partial charge in [-0.15, -0.1) is 0 Å². The predicted octanol–water partition coefficient (Wildman–Crippen LogP) is 1.63. The minimum absolute atomic E-state index is 0.0326. The number of hydrogen-bond donors (Lipinski definition) is 1. The van der Waals surface area contributed by atoms with Crippen LogP contribution in [-0.2, 0) is 29.1 Å². The molecule has 1 aromatic carbocycles. The molecule has 1 aromatic rings. The maximum absolute atomic E-state index is 12.4. The largest absolute Gasteiger partial charge is 0.591 e. The molecular formula is C11H10F4N2O2S.